The normalized spacial score (nSPS) is 23.4. The van der Waals surface area contributed by atoms with E-state index in [1.54, 1.807) is 7.11 Å². The molecule has 1 aromatic carbocycles. The Hall–Kier alpha value is -2.00. The second-order valence-corrected chi connectivity index (χ2v) is 6.88. The topological polar surface area (TPSA) is 30.5 Å². The predicted octanol–water partition coefficient (Wildman–Crippen LogP) is 4.79. The van der Waals surface area contributed by atoms with Crippen molar-refractivity contribution in [2.45, 2.75) is 51.3 Å². The van der Waals surface area contributed by atoms with Gasteiger partial charge in [-0.25, -0.2) is 0 Å². The molecule has 0 fully saturated rings. The smallest absolute Gasteiger partial charge is 0.162 e. The number of methoxy groups -OCH3 is 1. The quantitative estimate of drug-likeness (QED) is 0.724. The summed E-state index contributed by atoms with van der Waals surface area (Å²) in [6.45, 7) is 3.08. The zero-order valence-corrected chi connectivity index (χ0v) is 15.3. The van der Waals surface area contributed by atoms with Crippen molar-refractivity contribution in [2.24, 2.45) is 5.92 Å². The van der Waals surface area contributed by atoms with Gasteiger partial charge in [-0.2, -0.15) is 0 Å². The molecule has 0 saturated carbocycles. The van der Waals surface area contributed by atoms with Gasteiger partial charge in [-0.1, -0.05) is 36.4 Å². The van der Waals surface area contributed by atoms with Gasteiger partial charge in [0.25, 0.3) is 0 Å². The Morgan fingerprint density at radius 1 is 1.16 bits per heavy atom. The van der Waals surface area contributed by atoms with E-state index >= 15 is 0 Å². The van der Waals surface area contributed by atoms with Crippen molar-refractivity contribution >= 4 is 0 Å². The number of nitrogens with one attached hydrogen (secondary N) is 1. The molecule has 3 heteroatoms. The lowest BCUT2D eigenvalue weighted by molar-refractivity contribution is 0.219. The van der Waals surface area contributed by atoms with Gasteiger partial charge < -0.3 is 14.8 Å². The third-order valence-electron chi connectivity index (χ3n) is 5.00. The monoisotopic (exact) mass is 339 g/mol. The van der Waals surface area contributed by atoms with Crippen LogP contribution in [0.5, 0.6) is 11.5 Å². The first-order valence-electron chi connectivity index (χ1n) is 9.33. The molecule has 0 spiro atoms. The van der Waals surface area contributed by atoms with Gasteiger partial charge in [-0.3, -0.25) is 0 Å². The van der Waals surface area contributed by atoms with Gasteiger partial charge >= 0.3 is 0 Å². The molecule has 3 nitrogen and oxygen atoms in total. The van der Waals surface area contributed by atoms with Gasteiger partial charge in [0.1, 0.15) is 6.10 Å². The summed E-state index contributed by atoms with van der Waals surface area (Å²) in [5.41, 5.74) is 1.22. The van der Waals surface area contributed by atoms with Gasteiger partial charge in [-0.15, -0.1) is 0 Å². The standard InChI is InChI=1S/C22H29NO2/c1-17(19-9-5-3-6-10-19)23-16-18-13-14-21(24-2)22(15-18)25-20-11-7-4-8-12-20/h3,5-7,9,11,13-15,17,19-20,23H,4,8,10,12,16H2,1-2H3/t17-,19?,20?/m1/s1. The summed E-state index contributed by atoms with van der Waals surface area (Å²) in [5.74, 6) is 2.20. The molecule has 2 aliphatic carbocycles. The Morgan fingerprint density at radius 3 is 2.80 bits per heavy atom. The van der Waals surface area contributed by atoms with Crippen molar-refractivity contribution in [1.29, 1.82) is 0 Å². The summed E-state index contributed by atoms with van der Waals surface area (Å²) in [4.78, 5) is 0. The van der Waals surface area contributed by atoms with E-state index in [9.17, 15) is 0 Å². The van der Waals surface area contributed by atoms with Crippen LogP contribution in [0.2, 0.25) is 0 Å². The Balaban J connectivity index is 1.62. The summed E-state index contributed by atoms with van der Waals surface area (Å²) < 4.78 is 11.7. The maximum atomic E-state index is 6.18. The molecule has 0 aliphatic heterocycles. The number of allylic oxidation sites excluding steroid dienone is 4. The Labute approximate surface area is 151 Å². The van der Waals surface area contributed by atoms with E-state index in [0.29, 0.717) is 12.0 Å². The van der Waals surface area contributed by atoms with E-state index in [2.05, 4.69) is 60.8 Å². The highest BCUT2D eigenvalue weighted by Crippen LogP contribution is 2.31. The zero-order valence-electron chi connectivity index (χ0n) is 15.3. The molecular weight excluding hydrogens is 310 g/mol. The summed E-state index contributed by atoms with van der Waals surface area (Å²) in [7, 11) is 1.70. The largest absolute Gasteiger partial charge is 0.493 e. The van der Waals surface area contributed by atoms with Crippen LogP contribution in [0.3, 0.4) is 0 Å². The highest BCUT2D eigenvalue weighted by molar-refractivity contribution is 5.43. The molecule has 2 aliphatic rings. The maximum Gasteiger partial charge on any atom is 0.162 e. The lowest BCUT2D eigenvalue weighted by Gasteiger charge is -2.23. The second-order valence-electron chi connectivity index (χ2n) is 6.88. The van der Waals surface area contributed by atoms with E-state index < -0.39 is 0 Å². The van der Waals surface area contributed by atoms with Gasteiger partial charge in [0.05, 0.1) is 7.11 Å². The molecule has 3 atom stereocenters. The van der Waals surface area contributed by atoms with Crippen LogP contribution in [-0.2, 0) is 6.54 Å². The van der Waals surface area contributed by atoms with E-state index in [4.69, 9.17) is 9.47 Å². The lowest BCUT2D eigenvalue weighted by atomic mass is 9.94. The van der Waals surface area contributed by atoms with E-state index in [1.165, 1.54) is 12.0 Å². The zero-order chi connectivity index (χ0) is 17.5. The van der Waals surface area contributed by atoms with Gasteiger partial charge in [0.2, 0.25) is 0 Å². The van der Waals surface area contributed by atoms with E-state index in [1.807, 2.05) is 6.07 Å². The van der Waals surface area contributed by atoms with Crippen LogP contribution in [0, 0.1) is 5.92 Å². The van der Waals surface area contributed by atoms with Gasteiger partial charge in [0.15, 0.2) is 11.5 Å². The highest BCUT2D eigenvalue weighted by atomic mass is 16.5. The average Bonchev–Trinajstić information content (AvgIpc) is 2.68. The van der Waals surface area contributed by atoms with Crippen LogP contribution in [0.25, 0.3) is 0 Å². The maximum absolute atomic E-state index is 6.18. The number of ether oxygens (including phenoxy) is 2. The highest BCUT2D eigenvalue weighted by Gasteiger charge is 2.16. The van der Waals surface area contributed by atoms with Crippen molar-refractivity contribution in [3.63, 3.8) is 0 Å². The fourth-order valence-electron chi connectivity index (χ4n) is 3.37. The Kier molecular flexibility index (Phi) is 6.35. The summed E-state index contributed by atoms with van der Waals surface area (Å²) in [6.07, 6.45) is 17.8. The molecule has 0 saturated heterocycles. The first-order chi connectivity index (χ1) is 12.3. The number of hydrogen-bond donors (Lipinski definition) is 1. The van der Waals surface area contributed by atoms with E-state index in [-0.39, 0.29) is 6.10 Å². The Bertz CT molecular complexity index is 647. The van der Waals surface area contributed by atoms with Crippen LogP contribution >= 0.6 is 0 Å². The van der Waals surface area contributed by atoms with Crippen molar-refractivity contribution in [2.75, 3.05) is 7.11 Å². The van der Waals surface area contributed by atoms with Gasteiger partial charge in [-0.05, 0) is 62.3 Å². The number of rotatable bonds is 7. The molecular formula is C22H29NO2. The molecule has 3 rings (SSSR count). The fraction of sp³-hybridized carbons (Fsp3) is 0.455. The minimum atomic E-state index is 0.156. The van der Waals surface area contributed by atoms with Gasteiger partial charge in [0, 0.05) is 12.6 Å². The summed E-state index contributed by atoms with van der Waals surface area (Å²) in [5, 5.41) is 3.64. The van der Waals surface area contributed by atoms with E-state index in [0.717, 1.165) is 37.3 Å². The predicted molar refractivity (Wildman–Crippen MR) is 103 cm³/mol. The minimum absolute atomic E-state index is 0.156. The molecule has 134 valence electrons. The second kappa shape index (κ2) is 8.91. The molecule has 1 N–H and O–H groups in total. The van der Waals surface area contributed by atoms with Crippen molar-refractivity contribution in [1.82, 2.24) is 5.32 Å². The molecule has 0 aromatic heterocycles. The number of hydrogen-bond acceptors (Lipinski definition) is 3. The van der Waals surface area contributed by atoms with Crippen LogP contribution < -0.4 is 14.8 Å². The molecule has 2 unspecified atom stereocenters. The van der Waals surface area contributed by atoms with Crippen LogP contribution in [0.4, 0.5) is 0 Å². The fourth-order valence-corrected chi connectivity index (χ4v) is 3.37. The van der Waals surface area contributed by atoms with Crippen molar-refractivity contribution in [3.05, 3.63) is 60.2 Å². The average molecular weight is 339 g/mol. The molecule has 25 heavy (non-hydrogen) atoms. The third-order valence-corrected chi connectivity index (χ3v) is 5.00. The molecule has 1 aromatic rings. The minimum Gasteiger partial charge on any atom is -0.493 e. The molecule has 0 radical (unpaired) electrons. The van der Waals surface area contributed by atoms with Crippen molar-refractivity contribution in [3.8, 4) is 11.5 Å². The first kappa shape index (κ1) is 17.8. The first-order valence-corrected chi connectivity index (χ1v) is 9.33. The van der Waals surface area contributed by atoms with Crippen LogP contribution in [0.1, 0.15) is 38.2 Å². The molecule has 0 heterocycles. The molecule has 0 amide bonds. The summed E-state index contributed by atoms with van der Waals surface area (Å²) in [6, 6.07) is 6.66. The van der Waals surface area contributed by atoms with Crippen LogP contribution in [0.15, 0.2) is 54.7 Å². The Morgan fingerprint density at radius 2 is 2.08 bits per heavy atom. The molecule has 0 bridgehead atoms. The lowest BCUT2D eigenvalue weighted by Crippen LogP contribution is -2.32. The van der Waals surface area contributed by atoms with Crippen LogP contribution in [-0.4, -0.2) is 19.3 Å². The van der Waals surface area contributed by atoms with Crippen molar-refractivity contribution < 1.29 is 9.47 Å². The summed E-state index contributed by atoms with van der Waals surface area (Å²) >= 11 is 0. The SMILES string of the molecule is COc1ccc(CN[C@H](C)C2C=CC=CC2)cc1OC1C=CCCC1. The third kappa shape index (κ3) is 4.99. The number of benzene rings is 1.